The van der Waals surface area contributed by atoms with Gasteiger partial charge in [0.15, 0.2) is 0 Å². The molecule has 5 nitrogen and oxygen atoms in total. The lowest BCUT2D eigenvalue weighted by Gasteiger charge is -2.25. The van der Waals surface area contributed by atoms with Crippen LogP contribution in [0, 0.1) is 0 Å². The Bertz CT molecular complexity index is 464. The summed E-state index contributed by atoms with van der Waals surface area (Å²) in [7, 11) is 0. The molecule has 21 heavy (non-hydrogen) atoms. The number of hydrogen-bond acceptors (Lipinski definition) is 4. The van der Waals surface area contributed by atoms with Crippen molar-refractivity contribution in [3.63, 3.8) is 0 Å². The van der Waals surface area contributed by atoms with Gasteiger partial charge in [-0.05, 0) is 39.0 Å². The molecule has 1 N–H and O–H groups in total. The SMILES string of the molecule is CCN(CC)CCCN(CC)c1ncc(C(=O)O)cc1Cl. The zero-order valence-electron chi connectivity index (χ0n) is 13.0. The van der Waals surface area contributed by atoms with E-state index in [2.05, 4.69) is 28.6 Å². The molecule has 0 aliphatic carbocycles. The average Bonchev–Trinajstić information content (AvgIpc) is 2.48. The molecule has 1 heterocycles. The standard InChI is InChI=1S/C15H24ClN3O2/c1-4-18(5-2)8-7-9-19(6-3)14-13(16)10-12(11-17-14)15(20)21/h10-11H,4-9H2,1-3H3,(H,20,21). The molecule has 0 unspecified atom stereocenters. The van der Waals surface area contributed by atoms with Crippen molar-refractivity contribution in [1.82, 2.24) is 9.88 Å². The van der Waals surface area contributed by atoms with Crippen molar-refractivity contribution < 1.29 is 9.90 Å². The highest BCUT2D eigenvalue weighted by atomic mass is 35.5. The Morgan fingerprint density at radius 3 is 2.38 bits per heavy atom. The fourth-order valence-electron chi connectivity index (χ4n) is 2.22. The first kappa shape index (κ1) is 17.7. The number of carboxylic acid groups (broad SMARTS) is 1. The van der Waals surface area contributed by atoms with Gasteiger partial charge in [-0.3, -0.25) is 0 Å². The van der Waals surface area contributed by atoms with E-state index in [4.69, 9.17) is 16.7 Å². The van der Waals surface area contributed by atoms with Crippen LogP contribution in [0.15, 0.2) is 12.3 Å². The summed E-state index contributed by atoms with van der Waals surface area (Å²) < 4.78 is 0. The van der Waals surface area contributed by atoms with Gasteiger partial charge in [0.1, 0.15) is 5.82 Å². The molecule has 0 radical (unpaired) electrons. The molecular weight excluding hydrogens is 290 g/mol. The molecule has 0 bridgehead atoms. The maximum Gasteiger partial charge on any atom is 0.337 e. The molecule has 0 fully saturated rings. The molecule has 0 saturated carbocycles. The summed E-state index contributed by atoms with van der Waals surface area (Å²) >= 11 is 6.17. The monoisotopic (exact) mass is 313 g/mol. The molecule has 0 aliphatic rings. The summed E-state index contributed by atoms with van der Waals surface area (Å²) in [6.45, 7) is 11.1. The average molecular weight is 314 g/mol. The molecule has 118 valence electrons. The van der Waals surface area contributed by atoms with Gasteiger partial charge in [-0.25, -0.2) is 9.78 Å². The Hall–Kier alpha value is -1.33. The topological polar surface area (TPSA) is 56.7 Å². The molecule has 1 aromatic rings. The molecule has 0 aliphatic heterocycles. The van der Waals surface area contributed by atoms with E-state index in [1.807, 2.05) is 6.92 Å². The van der Waals surface area contributed by atoms with Crippen LogP contribution in [0.2, 0.25) is 5.02 Å². The quantitative estimate of drug-likeness (QED) is 0.759. The molecule has 0 aromatic carbocycles. The first-order valence-electron chi connectivity index (χ1n) is 7.39. The van der Waals surface area contributed by atoms with E-state index >= 15 is 0 Å². The van der Waals surface area contributed by atoms with Gasteiger partial charge >= 0.3 is 5.97 Å². The number of aromatic carboxylic acids is 1. The highest BCUT2D eigenvalue weighted by Gasteiger charge is 2.13. The molecule has 0 saturated heterocycles. The summed E-state index contributed by atoms with van der Waals surface area (Å²) in [5.74, 6) is -0.357. The van der Waals surface area contributed by atoms with Crippen LogP contribution in [0.3, 0.4) is 0 Å². The number of rotatable bonds is 9. The lowest BCUT2D eigenvalue weighted by molar-refractivity contribution is 0.0696. The third-order valence-electron chi connectivity index (χ3n) is 3.55. The fraction of sp³-hybridized carbons (Fsp3) is 0.600. The van der Waals surface area contributed by atoms with Crippen molar-refractivity contribution in [2.45, 2.75) is 27.2 Å². The van der Waals surface area contributed by atoms with E-state index in [1.54, 1.807) is 0 Å². The largest absolute Gasteiger partial charge is 0.478 e. The van der Waals surface area contributed by atoms with Gasteiger partial charge in [0.05, 0.1) is 10.6 Å². The second-order valence-corrected chi connectivity index (χ2v) is 5.20. The van der Waals surface area contributed by atoms with Gasteiger partial charge < -0.3 is 14.9 Å². The van der Waals surface area contributed by atoms with E-state index in [-0.39, 0.29) is 5.56 Å². The van der Waals surface area contributed by atoms with Crippen LogP contribution >= 0.6 is 11.6 Å². The van der Waals surface area contributed by atoms with Crippen LogP contribution < -0.4 is 4.90 Å². The number of hydrogen-bond donors (Lipinski definition) is 1. The van der Waals surface area contributed by atoms with Crippen molar-refractivity contribution in [3.8, 4) is 0 Å². The highest BCUT2D eigenvalue weighted by Crippen LogP contribution is 2.24. The minimum Gasteiger partial charge on any atom is -0.478 e. The van der Waals surface area contributed by atoms with Crippen molar-refractivity contribution >= 4 is 23.4 Å². The maximum atomic E-state index is 10.9. The molecule has 1 aromatic heterocycles. The fourth-order valence-corrected chi connectivity index (χ4v) is 2.51. The molecule has 6 heteroatoms. The smallest absolute Gasteiger partial charge is 0.337 e. The molecular formula is C15H24ClN3O2. The Balaban J connectivity index is 2.69. The lowest BCUT2D eigenvalue weighted by Crippen LogP contribution is -2.30. The van der Waals surface area contributed by atoms with Gasteiger partial charge in [0.2, 0.25) is 0 Å². The van der Waals surface area contributed by atoms with Crippen molar-refractivity contribution in [2.24, 2.45) is 0 Å². The normalized spacial score (nSPS) is 10.9. The second kappa shape index (κ2) is 8.85. The third-order valence-corrected chi connectivity index (χ3v) is 3.82. The van der Waals surface area contributed by atoms with Crippen LogP contribution in [-0.2, 0) is 0 Å². The third kappa shape index (κ3) is 5.17. The Morgan fingerprint density at radius 1 is 1.24 bits per heavy atom. The van der Waals surface area contributed by atoms with E-state index in [9.17, 15) is 4.79 Å². The molecule has 0 atom stereocenters. The summed E-state index contributed by atoms with van der Waals surface area (Å²) in [6, 6.07) is 1.46. The number of halogens is 1. The van der Waals surface area contributed by atoms with Crippen molar-refractivity contribution in [3.05, 3.63) is 22.8 Å². The van der Waals surface area contributed by atoms with Gasteiger partial charge in [-0.2, -0.15) is 0 Å². The van der Waals surface area contributed by atoms with Crippen molar-refractivity contribution in [2.75, 3.05) is 37.6 Å². The number of carbonyl (C=O) groups is 1. The number of anilines is 1. The predicted octanol–water partition coefficient (Wildman–Crippen LogP) is 2.99. The lowest BCUT2D eigenvalue weighted by atomic mass is 10.2. The Kier molecular flexibility index (Phi) is 7.47. The first-order chi connectivity index (χ1) is 10.0. The number of nitrogens with zero attached hydrogens (tertiary/aromatic N) is 3. The van der Waals surface area contributed by atoms with Crippen LogP contribution in [0.4, 0.5) is 5.82 Å². The summed E-state index contributed by atoms with van der Waals surface area (Å²) in [5.41, 5.74) is 0.114. The number of pyridine rings is 1. The van der Waals surface area contributed by atoms with Gasteiger partial charge in [-0.1, -0.05) is 25.4 Å². The number of carboxylic acids is 1. The zero-order chi connectivity index (χ0) is 15.8. The first-order valence-corrected chi connectivity index (χ1v) is 7.77. The van der Waals surface area contributed by atoms with Crippen LogP contribution in [0.1, 0.15) is 37.6 Å². The maximum absolute atomic E-state index is 10.9. The summed E-state index contributed by atoms with van der Waals surface area (Å²) in [6.07, 6.45) is 2.38. The molecule has 0 spiro atoms. The van der Waals surface area contributed by atoms with E-state index in [0.29, 0.717) is 10.8 Å². The Labute approximate surface area is 131 Å². The summed E-state index contributed by atoms with van der Waals surface area (Å²) in [5, 5.41) is 9.32. The Morgan fingerprint density at radius 2 is 1.90 bits per heavy atom. The predicted molar refractivity (Wildman–Crippen MR) is 86.5 cm³/mol. The molecule has 0 amide bonds. The van der Waals surface area contributed by atoms with Crippen LogP contribution in [-0.4, -0.2) is 53.7 Å². The van der Waals surface area contributed by atoms with Gasteiger partial charge in [0, 0.05) is 19.3 Å². The van der Waals surface area contributed by atoms with Gasteiger partial charge in [0.25, 0.3) is 0 Å². The highest BCUT2D eigenvalue weighted by molar-refractivity contribution is 6.33. The van der Waals surface area contributed by atoms with Gasteiger partial charge in [-0.15, -0.1) is 0 Å². The van der Waals surface area contributed by atoms with Crippen LogP contribution in [0.5, 0.6) is 0 Å². The zero-order valence-corrected chi connectivity index (χ0v) is 13.7. The molecule has 1 rings (SSSR count). The number of aromatic nitrogens is 1. The minimum atomic E-state index is -1.01. The van der Waals surface area contributed by atoms with Crippen LogP contribution in [0.25, 0.3) is 0 Å². The summed E-state index contributed by atoms with van der Waals surface area (Å²) in [4.78, 5) is 19.6. The van der Waals surface area contributed by atoms with Crippen molar-refractivity contribution in [1.29, 1.82) is 0 Å². The minimum absolute atomic E-state index is 0.114. The van der Waals surface area contributed by atoms with E-state index < -0.39 is 5.97 Å². The second-order valence-electron chi connectivity index (χ2n) is 4.79. The van der Waals surface area contributed by atoms with E-state index in [1.165, 1.54) is 12.3 Å². The van der Waals surface area contributed by atoms with E-state index in [0.717, 1.165) is 39.1 Å².